The Morgan fingerprint density at radius 1 is 1.19 bits per heavy atom. The van der Waals surface area contributed by atoms with E-state index in [0.717, 1.165) is 10.6 Å². The Hall–Kier alpha value is -1.96. The Morgan fingerprint density at radius 2 is 1.85 bits per heavy atom. The molecule has 1 atom stereocenters. The second-order valence-corrected chi connectivity index (χ2v) is 8.53. The molecule has 2 aromatic carbocycles. The zero-order valence-electron chi connectivity index (χ0n) is 15.1. The number of carbonyl (C=O) groups excluding carboxylic acids is 1. The van der Waals surface area contributed by atoms with Crippen LogP contribution < -0.4 is 14.4 Å². The van der Waals surface area contributed by atoms with Crippen LogP contribution in [-0.4, -0.2) is 33.7 Å². The molecule has 0 aliphatic rings. The molecule has 0 aliphatic heterocycles. The molecule has 0 unspecified atom stereocenters. The van der Waals surface area contributed by atoms with Gasteiger partial charge in [-0.15, -0.1) is 0 Å². The molecule has 146 valence electrons. The van der Waals surface area contributed by atoms with E-state index in [1.165, 1.54) is 19.2 Å². The fourth-order valence-corrected chi connectivity index (χ4v) is 4.23. The first kappa shape index (κ1) is 21.3. The van der Waals surface area contributed by atoms with Crippen molar-refractivity contribution in [3.05, 3.63) is 52.5 Å². The molecular weight excluding hydrogens is 411 g/mol. The highest BCUT2D eigenvalue weighted by molar-refractivity contribution is 7.92. The summed E-state index contributed by atoms with van der Waals surface area (Å²) in [5.41, 5.74) is 0.665. The van der Waals surface area contributed by atoms with E-state index >= 15 is 0 Å². The summed E-state index contributed by atoms with van der Waals surface area (Å²) in [6.45, 7) is 1.72. The highest BCUT2D eigenvalue weighted by atomic mass is 35.5. The van der Waals surface area contributed by atoms with Crippen molar-refractivity contribution >= 4 is 50.5 Å². The summed E-state index contributed by atoms with van der Waals surface area (Å²) in [5, 5.41) is 3.48. The normalized spacial score (nSPS) is 12.3. The minimum Gasteiger partial charge on any atom is -0.495 e. The van der Waals surface area contributed by atoms with Crippen LogP contribution in [0.4, 0.5) is 11.4 Å². The fraction of sp³-hybridized carbons (Fsp3) is 0.278. The lowest BCUT2D eigenvalue weighted by Gasteiger charge is -2.30. The zero-order chi connectivity index (χ0) is 20.2. The quantitative estimate of drug-likeness (QED) is 0.714. The monoisotopic (exact) mass is 430 g/mol. The van der Waals surface area contributed by atoms with Gasteiger partial charge in [-0.1, -0.05) is 36.2 Å². The van der Waals surface area contributed by atoms with Crippen molar-refractivity contribution in [3.63, 3.8) is 0 Å². The lowest BCUT2D eigenvalue weighted by molar-refractivity contribution is -0.117. The van der Waals surface area contributed by atoms with E-state index < -0.39 is 22.0 Å². The summed E-state index contributed by atoms with van der Waals surface area (Å²) >= 11 is 12.0. The molecule has 0 spiro atoms. The predicted molar refractivity (Wildman–Crippen MR) is 109 cm³/mol. The van der Waals surface area contributed by atoms with Crippen LogP contribution in [0.5, 0.6) is 5.75 Å². The molecular formula is C18H20Cl2N2O4S. The molecule has 0 bridgehead atoms. The van der Waals surface area contributed by atoms with Crippen molar-refractivity contribution in [1.29, 1.82) is 0 Å². The average Bonchev–Trinajstić information content (AvgIpc) is 2.58. The maximum atomic E-state index is 12.9. The minimum absolute atomic E-state index is 0.244. The summed E-state index contributed by atoms with van der Waals surface area (Å²) in [4.78, 5) is 12.9. The van der Waals surface area contributed by atoms with E-state index in [0.29, 0.717) is 27.2 Å². The third-order valence-electron chi connectivity index (χ3n) is 3.81. The highest BCUT2D eigenvalue weighted by Gasteiger charge is 2.32. The average molecular weight is 431 g/mol. The first-order chi connectivity index (χ1) is 12.7. The van der Waals surface area contributed by atoms with Gasteiger partial charge >= 0.3 is 0 Å². The molecule has 0 radical (unpaired) electrons. The van der Waals surface area contributed by atoms with E-state index in [4.69, 9.17) is 27.9 Å². The standard InChI is InChI=1S/C18H20Cl2N2O4S/c1-4-16(18(23)21-15-11-13(20)8-9-17(15)26-2)22(27(3,24)25)14-7-5-6-12(19)10-14/h5-11,16H,4H2,1-3H3,(H,21,23)/t16-/m0/s1. The molecule has 0 heterocycles. The number of hydrogen-bond acceptors (Lipinski definition) is 4. The van der Waals surface area contributed by atoms with Crippen LogP contribution in [0.2, 0.25) is 10.0 Å². The second kappa shape index (κ2) is 8.82. The Labute approximate surface area is 169 Å². The first-order valence-corrected chi connectivity index (χ1v) is 10.7. The van der Waals surface area contributed by atoms with E-state index in [2.05, 4.69) is 5.32 Å². The van der Waals surface area contributed by atoms with Crippen molar-refractivity contribution in [2.45, 2.75) is 19.4 Å². The van der Waals surface area contributed by atoms with E-state index in [1.54, 1.807) is 37.3 Å². The van der Waals surface area contributed by atoms with Crippen molar-refractivity contribution in [1.82, 2.24) is 0 Å². The number of carbonyl (C=O) groups is 1. The Balaban J connectivity index is 2.42. The van der Waals surface area contributed by atoms with Crippen LogP contribution >= 0.6 is 23.2 Å². The van der Waals surface area contributed by atoms with Gasteiger partial charge in [0.2, 0.25) is 15.9 Å². The van der Waals surface area contributed by atoms with Crippen molar-refractivity contribution in [2.75, 3.05) is 23.0 Å². The van der Waals surface area contributed by atoms with Crippen molar-refractivity contribution in [2.24, 2.45) is 0 Å². The molecule has 0 aromatic heterocycles. The van der Waals surface area contributed by atoms with Gasteiger partial charge in [0.05, 0.1) is 24.7 Å². The molecule has 2 aromatic rings. The Kier molecular flexibility index (Phi) is 6.97. The summed E-state index contributed by atoms with van der Waals surface area (Å²) in [5.74, 6) is -0.0975. The van der Waals surface area contributed by atoms with Gasteiger partial charge in [0.1, 0.15) is 11.8 Å². The molecule has 9 heteroatoms. The van der Waals surface area contributed by atoms with Gasteiger partial charge in [-0.2, -0.15) is 0 Å². The number of nitrogens with one attached hydrogen (secondary N) is 1. The number of sulfonamides is 1. The Bertz CT molecular complexity index is 935. The molecule has 0 saturated heterocycles. The van der Waals surface area contributed by atoms with Gasteiger partial charge in [0.15, 0.2) is 0 Å². The molecule has 0 saturated carbocycles. The zero-order valence-corrected chi connectivity index (χ0v) is 17.4. The number of methoxy groups -OCH3 is 1. The van der Waals surface area contributed by atoms with Gasteiger partial charge in [0, 0.05) is 10.0 Å². The highest BCUT2D eigenvalue weighted by Crippen LogP contribution is 2.30. The second-order valence-electron chi connectivity index (χ2n) is 5.80. The third kappa shape index (κ3) is 5.28. The molecule has 27 heavy (non-hydrogen) atoms. The van der Waals surface area contributed by atoms with Crippen LogP contribution in [0.1, 0.15) is 13.3 Å². The lowest BCUT2D eigenvalue weighted by atomic mass is 10.1. The van der Waals surface area contributed by atoms with Crippen LogP contribution in [0.3, 0.4) is 0 Å². The smallest absolute Gasteiger partial charge is 0.248 e. The van der Waals surface area contributed by atoms with E-state index in [9.17, 15) is 13.2 Å². The van der Waals surface area contributed by atoms with Gasteiger partial charge in [-0.25, -0.2) is 8.42 Å². The molecule has 0 fully saturated rings. The van der Waals surface area contributed by atoms with Gasteiger partial charge in [0.25, 0.3) is 0 Å². The van der Waals surface area contributed by atoms with Crippen LogP contribution in [0.15, 0.2) is 42.5 Å². The van der Waals surface area contributed by atoms with Crippen molar-refractivity contribution < 1.29 is 17.9 Å². The van der Waals surface area contributed by atoms with Gasteiger partial charge < -0.3 is 10.1 Å². The minimum atomic E-state index is -3.75. The number of nitrogens with zero attached hydrogens (tertiary/aromatic N) is 1. The number of benzene rings is 2. The largest absolute Gasteiger partial charge is 0.495 e. The fourth-order valence-electron chi connectivity index (χ4n) is 2.67. The van der Waals surface area contributed by atoms with Gasteiger partial charge in [-0.05, 0) is 42.8 Å². The molecule has 0 aliphatic carbocycles. The molecule has 1 amide bonds. The van der Waals surface area contributed by atoms with Crippen LogP contribution in [0, 0.1) is 0 Å². The summed E-state index contributed by atoms with van der Waals surface area (Å²) < 4.78 is 31.2. The summed E-state index contributed by atoms with van der Waals surface area (Å²) in [7, 11) is -2.29. The van der Waals surface area contributed by atoms with E-state index in [-0.39, 0.29) is 6.42 Å². The summed E-state index contributed by atoms with van der Waals surface area (Å²) in [6.07, 6.45) is 1.29. The topological polar surface area (TPSA) is 75.7 Å². The van der Waals surface area contributed by atoms with E-state index in [1.807, 2.05) is 0 Å². The van der Waals surface area contributed by atoms with Crippen LogP contribution in [0.25, 0.3) is 0 Å². The number of amides is 1. The molecule has 2 rings (SSSR count). The maximum absolute atomic E-state index is 12.9. The molecule has 6 nitrogen and oxygen atoms in total. The SMILES string of the molecule is CC[C@@H](C(=O)Nc1cc(Cl)ccc1OC)N(c1cccc(Cl)c1)S(C)(=O)=O. The van der Waals surface area contributed by atoms with Crippen molar-refractivity contribution in [3.8, 4) is 5.75 Å². The lowest BCUT2D eigenvalue weighted by Crippen LogP contribution is -2.47. The number of ether oxygens (including phenoxy) is 1. The number of hydrogen-bond donors (Lipinski definition) is 1. The number of halogens is 2. The third-order valence-corrected chi connectivity index (χ3v) is 5.46. The van der Waals surface area contributed by atoms with Crippen LogP contribution in [-0.2, 0) is 14.8 Å². The Morgan fingerprint density at radius 3 is 2.41 bits per heavy atom. The summed E-state index contributed by atoms with van der Waals surface area (Å²) in [6, 6.07) is 10.1. The van der Waals surface area contributed by atoms with Gasteiger partial charge in [-0.3, -0.25) is 9.10 Å². The number of rotatable bonds is 7. The number of anilines is 2. The molecule has 1 N–H and O–H groups in total. The predicted octanol–water partition coefficient (Wildman–Crippen LogP) is 4.19. The maximum Gasteiger partial charge on any atom is 0.248 e. The first-order valence-electron chi connectivity index (χ1n) is 8.06.